The molecular weight excluding hydrogens is 240 g/mol. The minimum Gasteiger partial charge on any atom is -0.378 e. The normalized spacial score (nSPS) is 20.1. The molecule has 2 rings (SSSR count). The minimum atomic E-state index is 0.106. The highest BCUT2D eigenvalue weighted by Gasteiger charge is 2.15. The molecule has 1 unspecified atom stereocenters. The first kappa shape index (κ1) is 14.5. The molecule has 1 fully saturated rings. The number of hydrogen-bond acceptors (Lipinski definition) is 4. The molecule has 1 aromatic rings. The van der Waals surface area contributed by atoms with Crippen LogP contribution in [0, 0.1) is 0 Å². The number of aromatic nitrogens is 3. The molecule has 1 aromatic heterocycles. The standard InChI is InChI=1S/C14H26N4O/c1-14(2,3)16-10-13-15-11-17-18(13)8-4-6-12-7-5-9-19-12/h11-12,16H,4-10H2,1-3H3. The second kappa shape index (κ2) is 6.48. The largest absolute Gasteiger partial charge is 0.378 e. The molecule has 0 bridgehead atoms. The molecule has 2 heterocycles. The van der Waals surface area contributed by atoms with Gasteiger partial charge in [-0.2, -0.15) is 5.10 Å². The van der Waals surface area contributed by atoms with Crippen molar-refractivity contribution in [3.63, 3.8) is 0 Å². The summed E-state index contributed by atoms with van der Waals surface area (Å²) in [4.78, 5) is 4.33. The van der Waals surface area contributed by atoms with Crippen LogP contribution in [0.5, 0.6) is 0 Å². The van der Waals surface area contributed by atoms with Crippen molar-refractivity contribution in [2.75, 3.05) is 6.61 Å². The molecule has 1 atom stereocenters. The SMILES string of the molecule is CC(C)(C)NCc1ncnn1CCCC1CCCO1. The van der Waals surface area contributed by atoms with Crippen LogP contribution in [0.4, 0.5) is 0 Å². The Balaban J connectivity index is 1.75. The topological polar surface area (TPSA) is 52.0 Å². The van der Waals surface area contributed by atoms with Gasteiger partial charge in [0.2, 0.25) is 0 Å². The smallest absolute Gasteiger partial charge is 0.140 e. The number of hydrogen-bond donors (Lipinski definition) is 1. The minimum absolute atomic E-state index is 0.106. The fraction of sp³-hybridized carbons (Fsp3) is 0.857. The van der Waals surface area contributed by atoms with Gasteiger partial charge in [0.1, 0.15) is 12.2 Å². The molecule has 0 saturated carbocycles. The molecule has 0 radical (unpaired) electrons. The first-order valence-corrected chi connectivity index (χ1v) is 7.28. The Morgan fingerprint density at radius 2 is 2.32 bits per heavy atom. The Labute approximate surface area is 115 Å². The Morgan fingerprint density at radius 3 is 3.00 bits per heavy atom. The highest BCUT2D eigenvalue weighted by atomic mass is 16.5. The van der Waals surface area contributed by atoms with E-state index in [0.29, 0.717) is 6.10 Å². The maximum absolute atomic E-state index is 5.64. The van der Waals surface area contributed by atoms with Crippen molar-refractivity contribution < 1.29 is 4.74 Å². The molecule has 0 amide bonds. The van der Waals surface area contributed by atoms with E-state index in [1.807, 2.05) is 4.68 Å². The summed E-state index contributed by atoms with van der Waals surface area (Å²) in [7, 11) is 0. The van der Waals surface area contributed by atoms with Crippen molar-refractivity contribution in [1.29, 1.82) is 0 Å². The van der Waals surface area contributed by atoms with Gasteiger partial charge < -0.3 is 10.1 Å². The molecule has 5 nitrogen and oxygen atoms in total. The van der Waals surface area contributed by atoms with Crippen molar-refractivity contribution in [3.8, 4) is 0 Å². The summed E-state index contributed by atoms with van der Waals surface area (Å²) >= 11 is 0. The van der Waals surface area contributed by atoms with Gasteiger partial charge in [0.05, 0.1) is 12.6 Å². The van der Waals surface area contributed by atoms with Crippen molar-refractivity contribution in [3.05, 3.63) is 12.2 Å². The number of rotatable bonds is 6. The van der Waals surface area contributed by atoms with E-state index >= 15 is 0 Å². The van der Waals surface area contributed by atoms with Gasteiger partial charge in [-0.25, -0.2) is 9.67 Å². The van der Waals surface area contributed by atoms with Gasteiger partial charge in [0.25, 0.3) is 0 Å². The quantitative estimate of drug-likeness (QED) is 0.857. The predicted molar refractivity (Wildman–Crippen MR) is 74.8 cm³/mol. The second-order valence-electron chi connectivity index (χ2n) is 6.28. The first-order valence-electron chi connectivity index (χ1n) is 7.28. The molecule has 1 N–H and O–H groups in total. The van der Waals surface area contributed by atoms with Crippen LogP contribution in [0.3, 0.4) is 0 Å². The summed E-state index contributed by atoms with van der Waals surface area (Å²) in [6.45, 7) is 9.11. The Hall–Kier alpha value is -0.940. The number of nitrogens with zero attached hydrogens (tertiary/aromatic N) is 3. The van der Waals surface area contributed by atoms with Gasteiger partial charge in [-0.1, -0.05) is 0 Å². The van der Waals surface area contributed by atoms with Crippen LogP contribution < -0.4 is 5.32 Å². The lowest BCUT2D eigenvalue weighted by Gasteiger charge is -2.20. The zero-order valence-electron chi connectivity index (χ0n) is 12.4. The molecule has 0 aliphatic carbocycles. The third-order valence-electron chi connectivity index (χ3n) is 3.39. The van der Waals surface area contributed by atoms with Gasteiger partial charge >= 0.3 is 0 Å². The zero-order valence-corrected chi connectivity index (χ0v) is 12.4. The van der Waals surface area contributed by atoms with E-state index in [1.54, 1.807) is 6.33 Å². The maximum atomic E-state index is 5.64. The van der Waals surface area contributed by atoms with E-state index in [-0.39, 0.29) is 5.54 Å². The van der Waals surface area contributed by atoms with Crippen molar-refractivity contribution >= 4 is 0 Å². The van der Waals surface area contributed by atoms with Crippen LogP contribution in [0.25, 0.3) is 0 Å². The Kier molecular flexibility index (Phi) is 4.93. The summed E-state index contributed by atoms with van der Waals surface area (Å²) in [6.07, 6.45) is 6.79. The van der Waals surface area contributed by atoms with Crippen LogP contribution in [0.1, 0.15) is 52.3 Å². The van der Waals surface area contributed by atoms with E-state index in [0.717, 1.165) is 38.4 Å². The average Bonchev–Trinajstić information content (AvgIpc) is 2.96. The lowest BCUT2D eigenvalue weighted by molar-refractivity contribution is 0.101. The van der Waals surface area contributed by atoms with Crippen molar-refractivity contribution in [2.24, 2.45) is 0 Å². The summed E-state index contributed by atoms with van der Waals surface area (Å²) < 4.78 is 7.64. The maximum Gasteiger partial charge on any atom is 0.140 e. The summed E-state index contributed by atoms with van der Waals surface area (Å²) in [6, 6.07) is 0. The number of ether oxygens (including phenoxy) is 1. The van der Waals surface area contributed by atoms with E-state index in [4.69, 9.17) is 4.74 Å². The first-order chi connectivity index (χ1) is 9.04. The second-order valence-corrected chi connectivity index (χ2v) is 6.28. The lowest BCUT2D eigenvalue weighted by atomic mass is 10.1. The van der Waals surface area contributed by atoms with Gasteiger partial charge in [0.15, 0.2) is 0 Å². The zero-order chi connectivity index (χ0) is 13.7. The molecular formula is C14H26N4O. The van der Waals surface area contributed by atoms with Crippen LogP contribution in [0.2, 0.25) is 0 Å². The van der Waals surface area contributed by atoms with E-state index < -0.39 is 0 Å². The lowest BCUT2D eigenvalue weighted by Crippen LogP contribution is -2.36. The van der Waals surface area contributed by atoms with E-state index in [1.165, 1.54) is 12.8 Å². The number of nitrogens with one attached hydrogen (secondary N) is 1. The van der Waals surface area contributed by atoms with Gasteiger partial charge in [0, 0.05) is 18.7 Å². The predicted octanol–water partition coefficient (Wildman–Crippen LogP) is 2.13. The highest BCUT2D eigenvalue weighted by molar-refractivity contribution is 4.86. The summed E-state index contributed by atoms with van der Waals surface area (Å²) in [5, 5.41) is 7.75. The number of aryl methyl sites for hydroxylation is 1. The van der Waals surface area contributed by atoms with Crippen LogP contribution in [-0.2, 0) is 17.8 Å². The van der Waals surface area contributed by atoms with Crippen LogP contribution >= 0.6 is 0 Å². The average molecular weight is 266 g/mol. The van der Waals surface area contributed by atoms with Gasteiger partial charge in [-0.3, -0.25) is 0 Å². The van der Waals surface area contributed by atoms with Crippen molar-refractivity contribution in [2.45, 2.75) is 71.2 Å². The molecule has 108 valence electrons. The molecule has 19 heavy (non-hydrogen) atoms. The molecule has 0 aromatic carbocycles. The van der Waals surface area contributed by atoms with E-state index in [9.17, 15) is 0 Å². The highest BCUT2D eigenvalue weighted by Crippen LogP contribution is 2.17. The van der Waals surface area contributed by atoms with Crippen LogP contribution in [0.15, 0.2) is 6.33 Å². The van der Waals surface area contributed by atoms with Gasteiger partial charge in [-0.05, 0) is 46.5 Å². The fourth-order valence-electron chi connectivity index (χ4n) is 2.30. The third kappa shape index (κ3) is 4.91. The molecule has 1 aliphatic rings. The Bertz CT molecular complexity index is 377. The third-order valence-corrected chi connectivity index (χ3v) is 3.39. The summed E-state index contributed by atoms with van der Waals surface area (Å²) in [5.41, 5.74) is 0.106. The fourth-order valence-corrected chi connectivity index (χ4v) is 2.30. The van der Waals surface area contributed by atoms with Gasteiger partial charge in [-0.15, -0.1) is 0 Å². The van der Waals surface area contributed by atoms with Crippen molar-refractivity contribution in [1.82, 2.24) is 20.1 Å². The summed E-state index contributed by atoms with van der Waals surface area (Å²) in [5.74, 6) is 1.02. The van der Waals surface area contributed by atoms with Crippen LogP contribution in [-0.4, -0.2) is 33.0 Å². The molecule has 1 saturated heterocycles. The molecule has 1 aliphatic heterocycles. The molecule has 5 heteroatoms. The Morgan fingerprint density at radius 1 is 1.47 bits per heavy atom. The monoisotopic (exact) mass is 266 g/mol. The molecule has 0 spiro atoms. The van der Waals surface area contributed by atoms with E-state index in [2.05, 4.69) is 36.2 Å².